The maximum absolute atomic E-state index is 13.5. The standard InChI is InChI=1S/C25H29N3O4S2/c1-32-20-10-12-21(13-11-20)34(30,31)28-15-5-7-19(17-28)25(29)27-14-4-6-18(16-27)24-26-22-8-2-3-9-23(22)33-24/h2-3,8-13,18-19H,4-7,14-17H2,1H3/t18-,19-/m0/s1. The molecule has 180 valence electrons. The molecule has 2 aliphatic heterocycles. The second kappa shape index (κ2) is 9.64. The van der Waals surface area contributed by atoms with Gasteiger partial charge in [0, 0.05) is 32.1 Å². The molecule has 2 fully saturated rings. The third-order valence-corrected chi connectivity index (χ3v) is 9.90. The summed E-state index contributed by atoms with van der Waals surface area (Å²) in [5.74, 6) is 0.604. The fourth-order valence-corrected chi connectivity index (χ4v) is 7.58. The molecular formula is C25H29N3O4S2. The summed E-state index contributed by atoms with van der Waals surface area (Å²) in [6, 6.07) is 14.6. The zero-order valence-corrected chi connectivity index (χ0v) is 20.9. The molecule has 2 saturated heterocycles. The van der Waals surface area contributed by atoms with Gasteiger partial charge in [0.15, 0.2) is 0 Å². The Kier molecular flexibility index (Phi) is 6.59. The van der Waals surface area contributed by atoms with E-state index >= 15 is 0 Å². The number of fused-ring (bicyclic) bond motifs is 1. The molecule has 0 saturated carbocycles. The normalized spacial score (nSPS) is 22.1. The summed E-state index contributed by atoms with van der Waals surface area (Å²) in [5, 5.41) is 1.09. The highest BCUT2D eigenvalue weighted by Crippen LogP contribution is 2.34. The van der Waals surface area contributed by atoms with Crippen LogP contribution in [0.4, 0.5) is 0 Å². The van der Waals surface area contributed by atoms with Crippen LogP contribution in [-0.4, -0.2) is 61.8 Å². The van der Waals surface area contributed by atoms with Gasteiger partial charge in [-0.1, -0.05) is 12.1 Å². The van der Waals surface area contributed by atoms with Crippen LogP contribution in [0.1, 0.15) is 36.6 Å². The maximum atomic E-state index is 13.5. The van der Waals surface area contributed by atoms with Crippen molar-refractivity contribution in [1.29, 1.82) is 0 Å². The molecule has 0 aliphatic carbocycles. The molecule has 1 aromatic heterocycles. The minimum absolute atomic E-state index is 0.0699. The van der Waals surface area contributed by atoms with Gasteiger partial charge in [-0.25, -0.2) is 13.4 Å². The molecular weight excluding hydrogens is 470 g/mol. The third kappa shape index (κ3) is 4.56. The van der Waals surface area contributed by atoms with Crippen LogP contribution >= 0.6 is 11.3 Å². The van der Waals surface area contributed by atoms with Gasteiger partial charge in [-0.3, -0.25) is 4.79 Å². The topological polar surface area (TPSA) is 79.8 Å². The van der Waals surface area contributed by atoms with Gasteiger partial charge < -0.3 is 9.64 Å². The van der Waals surface area contributed by atoms with Crippen molar-refractivity contribution in [2.45, 2.75) is 36.5 Å². The number of para-hydroxylation sites is 1. The van der Waals surface area contributed by atoms with Gasteiger partial charge >= 0.3 is 0 Å². The SMILES string of the molecule is COc1ccc(S(=O)(=O)N2CCC[C@H](C(=O)N3CCC[C@H](c4nc5ccccc5s4)C3)C2)cc1. The second-order valence-corrected chi connectivity index (χ2v) is 12.0. The Morgan fingerprint density at radius 1 is 1.03 bits per heavy atom. The number of hydrogen-bond acceptors (Lipinski definition) is 6. The fraction of sp³-hybridized carbons (Fsp3) is 0.440. The monoisotopic (exact) mass is 499 g/mol. The van der Waals surface area contributed by atoms with Crippen molar-refractivity contribution in [2.24, 2.45) is 5.92 Å². The quantitative estimate of drug-likeness (QED) is 0.528. The van der Waals surface area contributed by atoms with E-state index in [0.717, 1.165) is 36.3 Å². The first kappa shape index (κ1) is 23.3. The van der Waals surface area contributed by atoms with Gasteiger partial charge in [0.1, 0.15) is 5.75 Å². The molecule has 2 aromatic carbocycles. The summed E-state index contributed by atoms with van der Waals surface area (Å²) in [7, 11) is -2.11. The zero-order chi connectivity index (χ0) is 23.7. The Bertz CT molecular complexity index is 1240. The molecule has 7 nitrogen and oxygen atoms in total. The first-order valence-electron chi connectivity index (χ1n) is 11.7. The Labute approximate surface area is 204 Å². The van der Waals surface area contributed by atoms with Gasteiger partial charge in [0.25, 0.3) is 0 Å². The summed E-state index contributed by atoms with van der Waals surface area (Å²) < 4.78 is 34.2. The van der Waals surface area contributed by atoms with Crippen LogP contribution in [-0.2, 0) is 14.8 Å². The van der Waals surface area contributed by atoms with E-state index in [1.54, 1.807) is 42.7 Å². The molecule has 2 atom stereocenters. The average Bonchev–Trinajstić information content (AvgIpc) is 3.33. The summed E-state index contributed by atoms with van der Waals surface area (Å²) in [4.78, 5) is 20.5. The van der Waals surface area contributed by atoms with Crippen LogP contribution in [0.3, 0.4) is 0 Å². The van der Waals surface area contributed by atoms with E-state index < -0.39 is 10.0 Å². The van der Waals surface area contributed by atoms with Crippen LogP contribution in [0.2, 0.25) is 0 Å². The summed E-state index contributed by atoms with van der Waals surface area (Å²) in [5.41, 5.74) is 1.01. The number of carbonyl (C=O) groups excluding carboxylic acids is 1. The lowest BCUT2D eigenvalue weighted by Crippen LogP contribution is -2.48. The molecule has 34 heavy (non-hydrogen) atoms. The van der Waals surface area contributed by atoms with Gasteiger partial charge in [-0.05, 0) is 62.1 Å². The zero-order valence-electron chi connectivity index (χ0n) is 19.2. The molecule has 0 radical (unpaired) electrons. The number of benzene rings is 2. The minimum atomic E-state index is -3.65. The Morgan fingerprint density at radius 2 is 1.79 bits per heavy atom. The van der Waals surface area contributed by atoms with E-state index in [4.69, 9.17) is 9.72 Å². The number of amides is 1. The summed E-state index contributed by atoms with van der Waals surface area (Å²) >= 11 is 1.71. The number of likely N-dealkylation sites (tertiary alicyclic amines) is 1. The lowest BCUT2D eigenvalue weighted by Gasteiger charge is -2.37. The van der Waals surface area contributed by atoms with Crippen molar-refractivity contribution in [2.75, 3.05) is 33.3 Å². The summed E-state index contributed by atoms with van der Waals surface area (Å²) in [6.07, 6.45) is 3.36. The van der Waals surface area contributed by atoms with E-state index in [2.05, 4.69) is 6.07 Å². The molecule has 0 bridgehead atoms. The highest BCUT2D eigenvalue weighted by atomic mass is 32.2. The van der Waals surface area contributed by atoms with E-state index in [1.165, 1.54) is 9.01 Å². The third-order valence-electron chi connectivity index (χ3n) is 6.82. The number of sulfonamides is 1. The highest BCUT2D eigenvalue weighted by molar-refractivity contribution is 7.89. The van der Waals surface area contributed by atoms with Crippen molar-refractivity contribution < 1.29 is 17.9 Å². The molecule has 0 N–H and O–H groups in total. The van der Waals surface area contributed by atoms with Gasteiger partial charge in [-0.2, -0.15) is 4.31 Å². The molecule has 3 aromatic rings. The van der Waals surface area contributed by atoms with Gasteiger partial charge in [-0.15, -0.1) is 11.3 Å². The molecule has 1 amide bonds. The van der Waals surface area contributed by atoms with Crippen molar-refractivity contribution in [1.82, 2.24) is 14.2 Å². The number of nitrogens with zero attached hydrogens (tertiary/aromatic N) is 3. The Balaban J connectivity index is 1.28. The van der Waals surface area contributed by atoms with Crippen molar-refractivity contribution in [3.8, 4) is 5.75 Å². The van der Waals surface area contributed by atoms with E-state index in [1.807, 2.05) is 23.1 Å². The van der Waals surface area contributed by atoms with Crippen molar-refractivity contribution in [3.63, 3.8) is 0 Å². The van der Waals surface area contributed by atoms with Crippen molar-refractivity contribution in [3.05, 3.63) is 53.5 Å². The van der Waals surface area contributed by atoms with Crippen LogP contribution in [0.25, 0.3) is 10.2 Å². The highest BCUT2D eigenvalue weighted by Gasteiger charge is 2.36. The molecule has 0 spiro atoms. The predicted octanol–water partition coefficient (Wildman–Crippen LogP) is 4.11. The van der Waals surface area contributed by atoms with E-state index in [9.17, 15) is 13.2 Å². The summed E-state index contributed by atoms with van der Waals surface area (Å²) in [6.45, 7) is 2.05. The maximum Gasteiger partial charge on any atom is 0.243 e. The average molecular weight is 500 g/mol. The number of methoxy groups -OCH3 is 1. The smallest absolute Gasteiger partial charge is 0.243 e. The Hall–Kier alpha value is -2.49. The number of thiazole rings is 1. The number of hydrogen-bond donors (Lipinski definition) is 0. The second-order valence-electron chi connectivity index (χ2n) is 9.02. The lowest BCUT2D eigenvalue weighted by molar-refractivity contribution is -0.137. The number of aromatic nitrogens is 1. The van der Waals surface area contributed by atoms with Crippen LogP contribution in [0.5, 0.6) is 5.75 Å². The fourth-order valence-electron chi connectivity index (χ4n) is 4.96. The first-order valence-corrected chi connectivity index (χ1v) is 14.0. The number of ether oxygens (including phenoxy) is 1. The van der Waals surface area contributed by atoms with Crippen LogP contribution in [0, 0.1) is 5.92 Å². The predicted molar refractivity (Wildman–Crippen MR) is 133 cm³/mol. The Morgan fingerprint density at radius 3 is 2.56 bits per heavy atom. The minimum Gasteiger partial charge on any atom is -0.497 e. The molecule has 5 rings (SSSR count). The molecule has 2 aliphatic rings. The first-order chi connectivity index (χ1) is 16.5. The number of piperidine rings is 2. The van der Waals surface area contributed by atoms with E-state index in [-0.39, 0.29) is 29.2 Å². The molecule has 3 heterocycles. The van der Waals surface area contributed by atoms with E-state index in [0.29, 0.717) is 25.3 Å². The largest absolute Gasteiger partial charge is 0.497 e. The van der Waals surface area contributed by atoms with Gasteiger partial charge in [0.05, 0.1) is 33.1 Å². The van der Waals surface area contributed by atoms with Crippen molar-refractivity contribution >= 4 is 37.5 Å². The van der Waals surface area contributed by atoms with Crippen LogP contribution < -0.4 is 4.74 Å². The molecule has 0 unspecified atom stereocenters. The lowest BCUT2D eigenvalue weighted by atomic mass is 9.94. The number of carbonyl (C=O) groups is 1. The number of rotatable bonds is 5. The van der Waals surface area contributed by atoms with Crippen LogP contribution in [0.15, 0.2) is 53.4 Å². The molecule has 9 heteroatoms. The van der Waals surface area contributed by atoms with Gasteiger partial charge in [0.2, 0.25) is 15.9 Å².